The fourth-order valence-electron chi connectivity index (χ4n) is 1.89. The summed E-state index contributed by atoms with van der Waals surface area (Å²) in [4.78, 5) is 11.8. The first kappa shape index (κ1) is 15.2. The van der Waals surface area contributed by atoms with E-state index in [1.54, 1.807) is 48.5 Å². The molecule has 0 atom stereocenters. The van der Waals surface area contributed by atoms with Gasteiger partial charge in [0, 0.05) is 5.56 Å². The van der Waals surface area contributed by atoms with Crippen molar-refractivity contribution in [1.29, 1.82) is 5.26 Å². The Hall–Kier alpha value is -3.66. The molecule has 3 rings (SSSR count). The van der Waals surface area contributed by atoms with Crippen molar-refractivity contribution >= 4 is 5.97 Å². The van der Waals surface area contributed by atoms with Crippen LogP contribution in [-0.4, -0.2) is 22.8 Å². The van der Waals surface area contributed by atoms with E-state index >= 15 is 0 Å². The number of nitrogens with zero attached hydrogens (tertiary/aromatic N) is 3. The number of ether oxygens (including phenoxy) is 2. The first-order valence-electron chi connectivity index (χ1n) is 6.95. The van der Waals surface area contributed by atoms with E-state index in [9.17, 15) is 4.79 Å². The molecule has 0 aliphatic rings. The van der Waals surface area contributed by atoms with Crippen molar-refractivity contribution in [3.63, 3.8) is 0 Å². The lowest BCUT2D eigenvalue weighted by Gasteiger charge is -2.07. The molecule has 0 N–H and O–H groups in total. The highest BCUT2D eigenvalue weighted by Crippen LogP contribution is 2.20. The van der Waals surface area contributed by atoms with Crippen molar-refractivity contribution in [2.75, 3.05) is 6.61 Å². The molecule has 0 saturated carbocycles. The van der Waals surface area contributed by atoms with Gasteiger partial charge in [-0.05, 0) is 48.5 Å². The fraction of sp³-hybridized carbons (Fsp3) is 0.0588. The number of aromatic nitrogens is 2. The lowest BCUT2D eigenvalue weighted by Crippen LogP contribution is -2.17. The maximum Gasteiger partial charge on any atom is 0.349 e. The third-order valence-electron chi connectivity index (χ3n) is 3.03. The average Bonchev–Trinajstić information content (AvgIpc) is 3.16. The van der Waals surface area contributed by atoms with Crippen LogP contribution in [0.2, 0.25) is 0 Å². The number of hydrogen-bond donors (Lipinski definition) is 0. The van der Waals surface area contributed by atoms with Crippen LogP contribution in [0.1, 0.15) is 5.56 Å². The molecule has 0 radical (unpaired) electrons. The van der Waals surface area contributed by atoms with Crippen LogP contribution in [0.15, 0.2) is 59.3 Å². The third-order valence-corrected chi connectivity index (χ3v) is 3.03. The Morgan fingerprint density at radius 3 is 2.42 bits per heavy atom. The first-order chi connectivity index (χ1) is 11.7. The molecule has 0 aliphatic carbocycles. The van der Waals surface area contributed by atoms with Crippen LogP contribution in [0, 0.1) is 11.3 Å². The predicted molar refractivity (Wildman–Crippen MR) is 82.0 cm³/mol. The number of carbonyl (C=O) groups is 1. The molecule has 0 amide bonds. The molecule has 0 bridgehead atoms. The van der Waals surface area contributed by atoms with Crippen molar-refractivity contribution in [2.24, 2.45) is 0 Å². The predicted octanol–water partition coefficient (Wildman–Crippen LogP) is 2.59. The molecule has 2 aromatic carbocycles. The number of hydrogen-bond acceptors (Lipinski definition) is 7. The summed E-state index contributed by atoms with van der Waals surface area (Å²) in [5, 5.41) is 16.1. The van der Waals surface area contributed by atoms with E-state index in [1.165, 1.54) is 6.39 Å². The van der Waals surface area contributed by atoms with Gasteiger partial charge < -0.3 is 13.9 Å². The highest BCUT2D eigenvalue weighted by Gasteiger charge is 2.08. The van der Waals surface area contributed by atoms with Gasteiger partial charge in [-0.15, -0.1) is 10.2 Å². The van der Waals surface area contributed by atoms with Crippen LogP contribution in [0.3, 0.4) is 0 Å². The highest BCUT2D eigenvalue weighted by molar-refractivity contribution is 5.74. The molecule has 3 aromatic rings. The molecule has 118 valence electrons. The third kappa shape index (κ3) is 3.75. The van der Waals surface area contributed by atoms with E-state index in [4.69, 9.17) is 19.2 Å². The monoisotopic (exact) mass is 321 g/mol. The smallest absolute Gasteiger partial charge is 0.349 e. The molecule has 24 heavy (non-hydrogen) atoms. The molecular formula is C17H11N3O4. The zero-order valence-corrected chi connectivity index (χ0v) is 12.4. The second kappa shape index (κ2) is 7.07. The minimum Gasteiger partial charge on any atom is -0.482 e. The van der Waals surface area contributed by atoms with Crippen LogP contribution in [0.25, 0.3) is 11.5 Å². The Morgan fingerprint density at radius 2 is 1.79 bits per heavy atom. The summed E-state index contributed by atoms with van der Waals surface area (Å²) in [5.74, 6) is 0.714. The summed E-state index contributed by atoms with van der Waals surface area (Å²) in [7, 11) is 0. The molecule has 0 fully saturated rings. The summed E-state index contributed by atoms with van der Waals surface area (Å²) in [6, 6.07) is 15.1. The van der Waals surface area contributed by atoms with E-state index in [-0.39, 0.29) is 6.61 Å². The maximum atomic E-state index is 11.8. The van der Waals surface area contributed by atoms with Gasteiger partial charge in [-0.25, -0.2) is 4.79 Å². The minimum absolute atomic E-state index is 0.239. The second-order valence-electron chi connectivity index (χ2n) is 4.67. The molecule has 0 saturated heterocycles. The van der Waals surface area contributed by atoms with Crippen molar-refractivity contribution in [3.05, 3.63) is 60.5 Å². The van der Waals surface area contributed by atoms with Gasteiger partial charge in [0.05, 0.1) is 11.6 Å². The molecule has 0 spiro atoms. The van der Waals surface area contributed by atoms with Crippen LogP contribution in [0.4, 0.5) is 0 Å². The molecule has 1 heterocycles. The summed E-state index contributed by atoms with van der Waals surface area (Å²) < 4.78 is 15.5. The van der Waals surface area contributed by atoms with Crippen molar-refractivity contribution < 1.29 is 18.7 Å². The standard InChI is InChI=1S/C17H11N3O4/c18-9-12-1-5-14(6-2-12)22-10-16(21)24-15-7-3-13(4-8-15)17-20-19-11-23-17/h1-8,11H,10H2. The Labute approximate surface area is 137 Å². The van der Waals surface area contributed by atoms with Crippen molar-refractivity contribution in [1.82, 2.24) is 10.2 Å². The Kier molecular flexibility index (Phi) is 4.49. The SMILES string of the molecule is N#Cc1ccc(OCC(=O)Oc2ccc(-c3nnco3)cc2)cc1. The minimum atomic E-state index is -0.537. The maximum absolute atomic E-state index is 11.8. The number of benzene rings is 2. The van der Waals surface area contributed by atoms with E-state index in [1.807, 2.05) is 6.07 Å². The van der Waals surface area contributed by atoms with Gasteiger partial charge in [0.15, 0.2) is 6.61 Å². The van der Waals surface area contributed by atoms with Crippen molar-refractivity contribution in [2.45, 2.75) is 0 Å². The largest absolute Gasteiger partial charge is 0.482 e. The lowest BCUT2D eigenvalue weighted by molar-refractivity contribution is -0.136. The number of nitriles is 1. The molecule has 7 nitrogen and oxygen atoms in total. The fourth-order valence-corrected chi connectivity index (χ4v) is 1.89. The van der Waals surface area contributed by atoms with E-state index in [2.05, 4.69) is 10.2 Å². The highest BCUT2D eigenvalue weighted by atomic mass is 16.6. The summed E-state index contributed by atoms with van der Waals surface area (Å²) >= 11 is 0. The Bertz CT molecular complexity index is 850. The van der Waals surface area contributed by atoms with E-state index in [0.29, 0.717) is 23.0 Å². The van der Waals surface area contributed by atoms with Gasteiger partial charge in [-0.1, -0.05) is 0 Å². The van der Waals surface area contributed by atoms with Gasteiger partial charge in [-0.2, -0.15) is 5.26 Å². The Morgan fingerprint density at radius 1 is 1.08 bits per heavy atom. The van der Waals surface area contributed by atoms with Gasteiger partial charge in [0.1, 0.15) is 11.5 Å². The summed E-state index contributed by atoms with van der Waals surface area (Å²) in [5.41, 5.74) is 1.24. The first-order valence-corrected chi connectivity index (χ1v) is 6.95. The number of carbonyl (C=O) groups excluding carboxylic acids is 1. The van der Waals surface area contributed by atoms with Crippen molar-refractivity contribution in [3.8, 4) is 29.0 Å². The van der Waals surface area contributed by atoms with Gasteiger partial charge >= 0.3 is 5.97 Å². The van der Waals surface area contributed by atoms with Gasteiger partial charge in [0.2, 0.25) is 12.3 Å². The zero-order chi connectivity index (χ0) is 16.8. The summed E-state index contributed by atoms with van der Waals surface area (Å²) in [6.07, 6.45) is 1.24. The van der Waals surface area contributed by atoms with Crippen LogP contribution >= 0.6 is 0 Å². The molecule has 7 heteroatoms. The van der Waals surface area contributed by atoms with Crippen LogP contribution in [0.5, 0.6) is 11.5 Å². The van der Waals surface area contributed by atoms with E-state index < -0.39 is 5.97 Å². The molecule has 0 unspecified atom stereocenters. The summed E-state index contributed by atoms with van der Waals surface area (Å²) in [6.45, 7) is -0.239. The van der Waals surface area contributed by atoms with Crippen LogP contribution in [-0.2, 0) is 4.79 Å². The van der Waals surface area contributed by atoms with Crippen LogP contribution < -0.4 is 9.47 Å². The number of esters is 1. The normalized spacial score (nSPS) is 9.96. The zero-order valence-electron chi connectivity index (χ0n) is 12.4. The quantitative estimate of drug-likeness (QED) is 0.526. The number of rotatable bonds is 5. The van der Waals surface area contributed by atoms with Gasteiger partial charge in [0.25, 0.3) is 0 Å². The molecule has 1 aromatic heterocycles. The molecule has 0 aliphatic heterocycles. The Balaban J connectivity index is 1.53. The van der Waals surface area contributed by atoms with E-state index in [0.717, 1.165) is 5.56 Å². The second-order valence-corrected chi connectivity index (χ2v) is 4.67. The lowest BCUT2D eigenvalue weighted by atomic mass is 10.2. The molecular weight excluding hydrogens is 310 g/mol. The topological polar surface area (TPSA) is 98.2 Å². The van der Waals surface area contributed by atoms with Gasteiger partial charge in [-0.3, -0.25) is 0 Å². The average molecular weight is 321 g/mol.